The number of fused-ring (bicyclic) bond motifs is 2. The molecule has 3 heterocycles. The molecule has 0 radical (unpaired) electrons. The van der Waals surface area contributed by atoms with Gasteiger partial charge in [0.05, 0.1) is 11.7 Å². The van der Waals surface area contributed by atoms with Gasteiger partial charge in [0.15, 0.2) is 0 Å². The molecule has 4 aromatic rings. The molecule has 2 atom stereocenters. The van der Waals surface area contributed by atoms with Crippen LogP contribution in [0.3, 0.4) is 0 Å². The smallest absolute Gasteiger partial charge is 0.255 e. The molecule has 0 saturated carbocycles. The predicted octanol–water partition coefficient (Wildman–Crippen LogP) is 7.21. The molecule has 2 unspecified atom stereocenters. The lowest BCUT2D eigenvalue weighted by Crippen LogP contribution is -2.51. The number of amides is 2. The number of aryl methyl sites for hydroxylation is 1. The van der Waals surface area contributed by atoms with E-state index in [1.165, 1.54) is 0 Å². The molecule has 2 aliphatic heterocycles. The van der Waals surface area contributed by atoms with Gasteiger partial charge < -0.3 is 14.4 Å². The third kappa shape index (κ3) is 4.51. The van der Waals surface area contributed by atoms with E-state index in [9.17, 15) is 9.59 Å². The van der Waals surface area contributed by atoms with Gasteiger partial charge >= 0.3 is 0 Å². The number of likely N-dealkylation sites (tertiary alicyclic amines) is 1. The average molecular weight is 534 g/mol. The van der Waals surface area contributed by atoms with Gasteiger partial charge in [-0.3, -0.25) is 9.59 Å². The van der Waals surface area contributed by atoms with E-state index in [2.05, 4.69) is 80.1 Å². The van der Waals surface area contributed by atoms with Crippen LogP contribution in [0.1, 0.15) is 73.5 Å². The summed E-state index contributed by atoms with van der Waals surface area (Å²) in [4.78, 5) is 32.8. The topological polar surface area (TPSA) is 45.6 Å². The van der Waals surface area contributed by atoms with E-state index < -0.39 is 6.04 Å². The summed E-state index contributed by atoms with van der Waals surface area (Å²) in [5, 5.41) is 1.12. The van der Waals surface area contributed by atoms with Crippen LogP contribution in [0.25, 0.3) is 22.2 Å². The summed E-state index contributed by atoms with van der Waals surface area (Å²) in [6.07, 6.45) is 5.01. The lowest BCUT2D eigenvalue weighted by atomic mass is 9.91. The normalized spacial score (nSPS) is 18.3. The van der Waals surface area contributed by atoms with Crippen LogP contribution in [0.2, 0.25) is 0 Å². The number of para-hydroxylation sites is 1. The average Bonchev–Trinajstić information content (AvgIpc) is 3.25. The monoisotopic (exact) mass is 533 g/mol. The van der Waals surface area contributed by atoms with Crippen LogP contribution in [-0.4, -0.2) is 45.3 Å². The summed E-state index contributed by atoms with van der Waals surface area (Å²) < 4.78 is 2.25. The third-order valence-electron chi connectivity index (χ3n) is 8.70. The molecule has 6 rings (SSSR count). The van der Waals surface area contributed by atoms with Crippen molar-refractivity contribution in [2.45, 2.75) is 58.0 Å². The van der Waals surface area contributed by atoms with Gasteiger partial charge in [-0.2, -0.15) is 0 Å². The maximum atomic E-state index is 14.4. The Kier molecular flexibility index (Phi) is 7.22. The molecule has 5 nitrogen and oxygen atoms in total. The summed E-state index contributed by atoms with van der Waals surface area (Å²) in [6, 6.07) is 26.0. The molecule has 206 valence electrons. The molecule has 2 aliphatic rings. The minimum atomic E-state index is -0.523. The Morgan fingerprint density at radius 2 is 1.50 bits per heavy atom. The summed E-state index contributed by atoms with van der Waals surface area (Å²) >= 11 is 0. The van der Waals surface area contributed by atoms with Crippen LogP contribution < -0.4 is 0 Å². The van der Waals surface area contributed by atoms with Gasteiger partial charge in [0.25, 0.3) is 5.91 Å². The van der Waals surface area contributed by atoms with Crippen LogP contribution in [0.4, 0.5) is 0 Å². The molecule has 0 aliphatic carbocycles. The molecule has 5 heteroatoms. The van der Waals surface area contributed by atoms with E-state index in [1.54, 1.807) is 0 Å². The maximum absolute atomic E-state index is 14.4. The van der Waals surface area contributed by atoms with Crippen molar-refractivity contribution in [3.05, 3.63) is 95.6 Å². The van der Waals surface area contributed by atoms with Crippen LogP contribution in [-0.2, 0) is 11.8 Å². The Labute approximate surface area is 237 Å². The second-order valence-corrected chi connectivity index (χ2v) is 11.8. The molecule has 0 bridgehead atoms. The second-order valence-electron chi connectivity index (χ2n) is 11.8. The zero-order valence-electron chi connectivity index (χ0n) is 23.8. The summed E-state index contributed by atoms with van der Waals surface area (Å²) in [6.45, 7) is 5.85. The lowest BCUT2D eigenvalue weighted by Gasteiger charge is -2.37. The highest BCUT2D eigenvalue weighted by atomic mass is 16.2. The van der Waals surface area contributed by atoms with Crippen molar-refractivity contribution in [2.75, 3.05) is 13.1 Å². The van der Waals surface area contributed by atoms with Gasteiger partial charge in [0.1, 0.15) is 6.04 Å². The number of carbonyl (C=O) groups is 2. The van der Waals surface area contributed by atoms with Crippen LogP contribution >= 0.6 is 0 Å². The van der Waals surface area contributed by atoms with Crippen molar-refractivity contribution in [3.63, 3.8) is 0 Å². The van der Waals surface area contributed by atoms with E-state index in [-0.39, 0.29) is 23.8 Å². The van der Waals surface area contributed by atoms with Gasteiger partial charge in [-0.25, -0.2) is 0 Å². The first-order chi connectivity index (χ1) is 19.5. The fourth-order valence-electron chi connectivity index (χ4n) is 6.88. The molecule has 1 aromatic heterocycles. The van der Waals surface area contributed by atoms with E-state index in [0.717, 1.165) is 72.1 Å². The Hall–Kier alpha value is -3.86. The molecular weight excluding hydrogens is 494 g/mol. The number of hydrogen-bond donors (Lipinski definition) is 0. The van der Waals surface area contributed by atoms with Crippen molar-refractivity contribution < 1.29 is 9.59 Å². The van der Waals surface area contributed by atoms with E-state index >= 15 is 0 Å². The molecule has 2 amide bonds. The highest BCUT2D eigenvalue weighted by molar-refractivity contribution is 6.04. The SMILES string of the molecule is CC(C)CC(C(=O)N1CCCCCC1)N1C(=O)c2ccccc2C1c1c(-c2ccccc2)n(C)c2ccccc12. The van der Waals surface area contributed by atoms with Crippen molar-refractivity contribution in [1.29, 1.82) is 0 Å². The number of nitrogens with zero attached hydrogens (tertiary/aromatic N) is 3. The highest BCUT2D eigenvalue weighted by Gasteiger charge is 2.46. The molecule has 3 aromatic carbocycles. The van der Waals surface area contributed by atoms with E-state index in [1.807, 2.05) is 34.1 Å². The van der Waals surface area contributed by atoms with E-state index in [4.69, 9.17) is 0 Å². The molecule has 0 N–H and O–H groups in total. The van der Waals surface area contributed by atoms with Crippen molar-refractivity contribution in [1.82, 2.24) is 14.4 Å². The lowest BCUT2D eigenvalue weighted by molar-refractivity contribution is -0.137. The number of hydrogen-bond acceptors (Lipinski definition) is 2. The van der Waals surface area contributed by atoms with Crippen LogP contribution in [0, 0.1) is 5.92 Å². The van der Waals surface area contributed by atoms with Crippen molar-refractivity contribution >= 4 is 22.7 Å². The number of rotatable bonds is 6. The minimum absolute atomic E-state index is 0.0404. The first kappa shape index (κ1) is 26.4. The second kappa shape index (κ2) is 11.0. The minimum Gasteiger partial charge on any atom is -0.343 e. The maximum Gasteiger partial charge on any atom is 0.255 e. The predicted molar refractivity (Wildman–Crippen MR) is 161 cm³/mol. The quantitative estimate of drug-likeness (QED) is 0.263. The summed E-state index contributed by atoms with van der Waals surface area (Å²) in [5.74, 6) is 0.323. The van der Waals surface area contributed by atoms with Crippen molar-refractivity contribution in [3.8, 4) is 11.3 Å². The molecule has 1 fully saturated rings. The zero-order chi connectivity index (χ0) is 27.8. The molecule has 1 saturated heterocycles. The van der Waals surface area contributed by atoms with Gasteiger partial charge in [0, 0.05) is 42.2 Å². The first-order valence-electron chi connectivity index (χ1n) is 14.8. The Balaban J connectivity index is 1.59. The van der Waals surface area contributed by atoms with E-state index in [0.29, 0.717) is 12.0 Å². The fraction of sp³-hybridized carbons (Fsp3) is 0.371. The van der Waals surface area contributed by atoms with Gasteiger partial charge in [0.2, 0.25) is 5.91 Å². The largest absolute Gasteiger partial charge is 0.343 e. The number of carbonyl (C=O) groups excluding carboxylic acids is 2. The Morgan fingerprint density at radius 1 is 0.850 bits per heavy atom. The molecule has 40 heavy (non-hydrogen) atoms. The van der Waals surface area contributed by atoms with Gasteiger partial charge in [-0.1, -0.05) is 93.4 Å². The standard InChI is InChI=1S/C35H39N3O2/c1-24(2)23-30(35(40)37-21-13-4-5-14-22-37)38-33(26-17-9-10-18-27(26)34(38)39)31-28-19-11-12-20-29(28)36(3)32(31)25-15-7-6-8-16-25/h6-12,15-20,24,30,33H,4-5,13-14,21-23H2,1-3H3. The van der Waals surface area contributed by atoms with Crippen LogP contribution in [0.15, 0.2) is 78.9 Å². The Bertz CT molecular complexity index is 1530. The number of benzene rings is 3. The number of aromatic nitrogens is 1. The van der Waals surface area contributed by atoms with Crippen molar-refractivity contribution in [2.24, 2.45) is 13.0 Å². The third-order valence-corrected chi connectivity index (χ3v) is 8.70. The summed E-state index contributed by atoms with van der Waals surface area (Å²) in [5.41, 5.74) is 6.10. The zero-order valence-corrected chi connectivity index (χ0v) is 23.8. The van der Waals surface area contributed by atoms with Gasteiger partial charge in [-0.05, 0) is 48.4 Å². The first-order valence-corrected chi connectivity index (χ1v) is 14.8. The molecular formula is C35H39N3O2. The summed E-state index contributed by atoms with van der Waals surface area (Å²) in [7, 11) is 2.11. The Morgan fingerprint density at radius 3 is 2.23 bits per heavy atom. The highest BCUT2D eigenvalue weighted by Crippen LogP contribution is 2.48. The molecule has 0 spiro atoms. The van der Waals surface area contributed by atoms with Gasteiger partial charge in [-0.15, -0.1) is 0 Å². The fourth-order valence-corrected chi connectivity index (χ4v) is 6.88. The van der Waals surface area contributed by atoms with Crippen LogP contribution in [0.5, 0.6) is 0 Å².